The van der Waals surface area contributed by atoms with Gasteiger partial charge in [-0.05, 0) is 55.6 Å². The van der Waals surface area contributed by atoms with Gasteiger partial charge in [-0.2, -0.15) is 0 Å². The number of benzene rings is 1. The molecule has 2 aliphatic heterocycles. The predicted molar refractivity (Wildman–Crippen MR) is 131 cm³/mol. The fraction of sp³-hybridized carbons (Fsp3) is 0.520. The molecular weight excluding hydrogens is 434 g/mol. The van der Waals surface area contributed by atoms with Gasteiger partial charge in [0, 0.05) is 50.6 Å². The third-order valence-electron chi connectivity index (χ3n) is 7.01. The number of urea groups is 1. The maximum absolute atomic E-state index is 12.9. The van der Waals surface area contributed by atoms with E-state index in [1.54, 1.807) is 37.8 Å². The topological polar surface area (TPSA) is 102 Å². The van der Waals surface area contributed by atoms with Crippen molar-refractivity contribution in [2.45, 2.75) is 38.4 Å². The van der Waals surface area contributed by atoms with E-state index in [1.807, 2.05) is 18.3 Å². The fourth-order valence-corrected chi connectivity index (χ4v) is 5.01. The quantitative estimate of drug-likeness (QED) is 0.691. The van der Waals surface area contributed by atoms with Gasteiger partial charge in [0.25, 0.3) is 5.56 Å². The van der Waals surface area contributed by atoms with Crippen molar-refractivity contribution in [2.24, 2.45) is 12.8 Å². The van der Waals surface area contributed by atoms with E-state index in [4.69, 9.17) is 15.2 Å². The van der Waals surface area contributed by atoms with Gasteiger partial charge in [0.2, 0.25) is 0 Å². The Labute approximate surface area is 200 Å². The number of fused-ring (bicyclic) bond motifs is 1. The molecule has 184 valence electrons. The summed E-state index contributed by atoms with van der Waals surface area (Å²) in [4.78, 5) is 29.2. The molecule has 0 atom stereocenters. The minimum atomic E-state index is -0.176. The van der Waals surface area contributed by atoms with Crippen LogP contribution in [0.2, 0.25) is 0 Å². The minimum absolute atomic E-state index is 0.0776. The van der Waals surface area contributed by atoms with Crippen LogP contribution in [0.15, 0.2) is 23.1 Å². The molecular formula is C25H35N5O4. The third kappa shape index (κ3) is 4.63. The van der Waals surface area contributed by atoms with Gasteiger partial charge >= 0.3 is 6.03 Å². The standard InChI is InChI=1S/C25H35N5O4/c1-27-25(32)30-10-7-18-19(13-28(2)24(31)20(18)15-30)16-11-22(33-3)21(23(12-16)34-4)14-29-8-5-17(26)6-9-29/h11-13,17H,5-10,14-15,26H2,1-4H3,(H,27,32). The second-order valence-electron chi connectivity index (χ2n) is 9.12. The van der Waals surface area contributed by atoms with Crippen molar-refractivity contribution < 1.29 is 14.3 Å². The summed E-state index contributed by atoms with van der Waals surface area (Å²) in [7, 11) is 6.69. The molecule has 3 heterocycles. The normalized spacial score (nSPS) is 16.8. The Kier molecular flexibility index (Phi) is 7.13. The Bertz CT molecular complexity index is 1100. The van der Waals surface area contributed by atoms with Crippen LogP contribution in [0.3, 0.4) is 0 Å². The van der Waals surface area contributed by atoms with Gasteiger partial charge in [0.1, 0.15) is 11.5 Å². The molecule has 0 radical (unpaired) electrons. The van der Waals surface area contributed by atoms with Crippen LogP contribution in [-0.4, -0.2) is 67.3 Å². The van der Waals surface area contributed by atoms with Crippen LogP contribution in [0.1, 0.15) is 29.5 Å². The van der Waals surface area contributed by atoms with Crippen molar-refractivity contribution in [1.29, 1.82) is 0 Å². The molecule has 0 unspecified atom stereocenters. The summed E-state index contributed by atoms with van der Waals surface area (Å²) in [5.74, 6) is 1.52. The summed E-state index contributed by atoms with van der Waals surface area (Å²) < 4.78 is 13.2. The average molecular weight is 470 g/mol. The largest absolute Gasteiger partial charge is 0.496 e. The number of nitrogens with one attached hydrogen (secondary N) is 1. The summed E-state index contributed by atoms with van der Waals surface area (Å²) in [5.41, 5.74) is 10.5. The van der Waals surface area contributed by atoms with Crippen molar-refractivity contribution in [3.63, 3.8) is 0 Å². The van der Waals surface area contributed by atoms with E-state index in [0.717, 1.165) is 66.2 Å². The fourth-order valence-electron chi connectivity index (χ4n) is 5.01. The summed E-state index contributed by atoms with van der Waals surface area (Å²) in [6.07, 6.45) is 4.45. The minimum Gasteiger partial charge on any atom is -0.496 e. The number of piperidine rings is 1. The Balaban J connectivity index is 1.74. The number of hydrogen-bond acceptors (Lipinski definition) is 6. The van der Waals surface area contributed by atoms with E-state index >= 15 is 0 Å². The van der Waals surface area contributed by atoms with Gasteiger partial charge in [-0.3, -0.25) is 9.69 Å². The second-order valence-corrected chi connectivity index (χ2v) is 9.12. The number of carbonyl (C=O) groups is 1. The molecule has 34 heavy (non-hydrogen) atoms. The highest BCUT2D eigenvalue weighted by molar-refractivity contribution is 5.76. The van der Waals surface area contributed by atoms with Gasteiger partial charge in [0.05, 0.1) is 26.3 Å². The Morgan fingerprint density at radius 2 is 1.76 bits per heavy atom. The smallest absolute Gasteiger partial charge is 0.317 e. The molecule has 1 aromatic carbocycles. The predicted octanol–water partition coefficient (Wildman–Crippen LogP) is 1.69. The molecule has 3 N–H and O–H groups in total. The highest BCUT2D eigenvalue weighted by atomic mass is 16.5. The Hall–Kier alpha value is -3.04. The number of ether oxygens (including phenoxy) is 2. The van der Waals surface area contributed by atoms with Gasteiger partial charge < -0.3 is 30.0 Å². The first kappa shape index (κ1) is 24.1. The highest BCUT2D eigenvalue weighted by Gasteiger charge is 2.27. The highest BCUT2D eigenvalue weighted by Crippen LogP contribution is 2.38. The molecule has 2 aromatic rings. The number of rotatable bonds is 5. The number of nitrogens with zero attached hydrogens (tertiary/aromatic N) is 3. The molecule has 0 spiro atoms. The SMILES string of the molecule is CNC(=O)N1CCc2c(-c3cc(OC)c(CN4CCC(N)CC4)c(OC)c3)cn(C)c(=O)c2C1. The molecule has 1 fully saturated rings. The van der Waals surface area contributed by atoms with Crippen LogP contribution in [0, 0.1) is 0 Å². The summed E-state index contributed by atoms with van der Waals surface area (Å²) in [5, 5.41) is 2.65. The van der Waals surface area contributed by atoms with Crippen molar-refractivity contribution in [1.82, 2.24) is 19.7 Å². The van der Waals surface area contributed by atoms with E-state index in [9.17, 15) is 9.59 Å². The van der Waals surface area contributed by atoms with Crippen LogP contribution in [0.5, 0.6) is 11.5 Å². The van der Waals surface area contributed by atoms with Crippen LogP contribution in [-0.2, 0) is 26.6 Å². The number of aryl methyl sites for hydroxylation is 1. The van der Waals surface area contributed by atoms with E-state index < -0.39 is 0 Å². The maximum atomic E-state index is 12.9. The number of pyridine rings is 1. The van der Waals surface area contributed by atoms with E-state index in [1.165, 1.54) is 0 Å². The van der Waals surface area contributed by atoms with Gasteiger partial charge in [-0.15, -0.1) is 0 Å². The monoisotopic (exact) mass is 469 g/mol. The number of likely N-dealkylation sites (tertiary alicyclic amines) is 1. The van der Waals surface area contributed by atoms with Gasteiger partial charge in [0.15, 0.2) is 0 Å². The maximum Gasteiger partial charge on any atom is 0.317 e. The van der Waals surface area contributed by atoms with Crippen LogP contribution in [0.4, 0.5) is 4.79 Å². The van der Waals surface area contributed by atoms with Crippen molar-refractivity contribution in [2.75, 3.05) is 40.9 Å². The summed E-state index contributed by atoms with van der Waals surface area (Å²) in [6.45, 7) is 3.47. The number of aromatic nitrogens is 1. The molecule has 9 nitrogen and oxygen atoms in total. The second kappa shape index (κ2) is 10.1. The zero-order valence-corrected chi connectivity index (χ0v) is 20.5. The van der Waals surface area contributed by atoms with Crippen molar-refractivity contribution in [3.8, 4) is 22.6 Å². The van der Waals surface area contributed by atoms with E-state index in [2.05, 4.69) is 10.2 Å². The van der Waals surface area contributed by atoms with Crippen molar-refractivity contribution >= 4 is 6.03 Å². The molecule has 0 saturated carbocycles. The van der Waals surface area contributed by atoms with Crippen LogP contribution >= 0.6 is 0 Å². The summed E-state index contributed by atoms with van der Waals surface area (Å²) >= 11 is 0. The molecule has 1 aromatic heterocycles. The first-order valence-corrected chi connectivity index (χ1v) is 11.8. The lowest BCUT2D eigenvalue weighted by molar-refractivity contribution is 0.194. The Morgan fingerprint density at radius 3 is 2.35 bits per heavy atom. The third-order valence-corrected chi connectivity index (χ3v) is 7.01. The molecule has 0 aliphatic carbocycles. The lowest BCUT2D eigenvalue weighted by Gasteiger charge is -2.31. The van der Waals surface area contributed by atoms with E-state index in [-0.39, 0.29) is 17.6 Å². The number of amides is 2. The lowest BCUT2D eigenvalue weighted by atomic mass is 9.91. The Morgan fingerprint density at radius 1 is 1.12 bits per heavy atom. The molecule has 1 saturated heterocycles. The zero-order valence-electron chi connectivity index (χ0n) is 20.5. The van der Waals surface area contributed by atoms with Gasteiger partial charge in [-0.1, -0.05) is 0 Å². The molecule has 0 bridgehead atoms. The molecule has 2 aliphatic rings. The van der Waals surface area contributed by atoms with Crippen LogP contribution < -0.4 is 26.1 Å². The number of nitrogens with two attached hydrogens (primary N) is 1. The number of hydrogen-bond donors (Lipinski definition) is 2. The average Bonchev–Trinajstić information content (AvgIpc) is 2.86. The number of carbonyl (C=O) groups excluding carboxylic acids is 1. The molecule has 4 rings (SSSR count). The first-order chi connectivity index (χ1) is 16.4. The zero-order chi connectivity index (χ0) is 24.4. The van der Waals surface area contributed by atoms with Gasteiger partial charge in [-0.25, -0.2) is 4.79 Å². The lowest BCUT2D eigenvalue weighted by Crippen LogP contribution is -2.44. The molecule has 2 amide bonds. The van der Waals surface area contributed by atoms with Crippen molar-refractivity contribution in [3.05, 3.63) is 45.4 Å². The van der Waals surface area contributed by atoms with E-state index in [0.29, 0.717) is 25.1 Å². The summed E-state index contributed by atoms with van der Waals surface area (Å²) in [6, 6.07) is 4.15. The number of methoxy groups -OCH3 is 2. The van der Waals surface area contributed by atoms with Crippen LogP contribution in [0.25, 0.3) is 11.1 Å². The molecule has 9 heteroatoms. The first-order valence-electron chi connectivity index (χ1n) is 11.8.